The summed E-state index contributed by atoms with van der Waals surface area (Å²) in [6.07, 6.45) is 2.31. The average molecular weight is 460 g/mol. The smallest absolute Gasteiger partial charge is 0.261 e. The highest BCUT2D eigenvalue weighted by Crippen LogP contribution is 2.29. The lowest BCUT2D eigenvalue weighted by Gasteiger charge is -2.11. The first-order chi connectivity index (χ1) is 13.9. The van der Waals surface area contributed by atoms with Crippen LogP contribution in [-0.2, 0) is 11.3 Å². The monoisotopic (exact) mass is 459 g/mol. The van der Waals surface area contributed by atoms with E-state index in [4.69, 9.17) is 9.47 Å². The van der Waals surface area contributed by atoms with E-state index in [9.17, 15) is 9.59 Å². The topological polar surface area (TPSA) is 82.5 Å². The number of amides is 1. The molecule has 3 aromatic rings. The molecule has 1 amide bonds. The van der Waals surface area contributed by atoms with E-state index >= 15 is 0 Å². The zero-order valence-corrected chi connectivity index (χ0v) is 18.1. The second kappa shape index (κ2) is 9.09. The van der Waals surface area contributed by atoms with Crippen LogP contribution in [0.5, 0.6) is 11.5 Å². The fourth-order valence-corrected chi connectivity index (χ4v) is 3.51. The van der Waals surface area contributed by atoms with Gasteiger partial charge in [0.05, 0.1) is 31.4 Å². The molecule has 0 aliphatic heterocycles. The Balaban J connectivity index is 1.68. The lowest BCUT2D eigenvalue weighted by molar-refractivity contribution is -0.116. The van der Waals surface area contributed by atoms with Crippen LogP contribution in [0.15, 0.2) is 45.9 Å². The average Bonchev–Trinajstić information content (AvgIpc) is 2.71. The van der Waals surface area contributed by atoms with Gasteiger partial charge in [-0.2, -0.15) is 0 Å². The number of hydrogen-bond acceptors (Lipinski definition) is 5. The highest BCUT2D eigenvalue weighted by atomic mass is 79.9. The van der Waals surface area contributed by atoms with Crippen LogP contribution in [0.3, 0.4) is 0 Å². The summed E-state index contributed by atoms with van der Waals surface area (Å²) >= 11 is 3.41. The molecule has 0 fully saturated rings. The van der Waals surface area contributed by atoms with Crippen LogP contribution in [0.2, 0.25) is 0 Å². The summed E-state index contributed by atoms with van der Waals surface area (Å²) in [5.41, 5.74) is 2.11. The van der Waals surface area contributed by atoms with E-state index in [0.717, 1.165) is 15.7 Å². The Hall–Kier alpha value is -2.87. The van der Waals surface area contributed by atoms with Gasteiger partial charge in [-0.15, -0.1) is 0 Å². The molecule has 0 atom stereocenters. The number of benzene rings is 2. The Bertz CT molecular complexity index is 1110. The van der Waals surface area contributed by atoms with Crippen molar-refractivity contribution in [1.82, 2.24) is 9.55 Å². The lowest BCUT2D eigenvalue weighted by atomic mass is 10.2. The van der Waals surface area contributed by atoms with E-state index < -0.39 is 0 Å². The van der Waals surface area contributed by atoms with Crippen LogP contribution in [0.4, 0.5) is 5.69 Å². The Morgan fingerprint density at radius 3 is 2.59 bits per heavy atom. The maximum absolute atomic E-state index is 12.8. The lowest BCUT2D eigenvalue weighted by Crippen LogP contribution is -2.22. The quantitative estimate of drug-likeness (QED) is 0.579. The number of carbonyl (C=O) groups excluding carboxylic acids is 1. The molecule has 3 rings (SSSR count). The standard InChI is InChI=1S/C21H22BrN3O4/c1-13-9-14(22)6-7-16(13)24-20(26)5-4-8-25-12-23-17-11-19(29-3)18(28-2)10-15(17)21(25)27/h6-7,9-12H,4-5,8H2,1-3H3,(H,24,26). The van der Waals surface area contributed by atoms with Gasteiger partial charge >= 0.3 is 0 Å². The van der Waals surface area contributed by atoms with E-state index in [0.29, 0.717) is 41.8 Å². The minimum atomic E-state index is -0.180. The molecular formula is C21H22BrN3O4. The number of methoxy groups -OCH3 is 2. The van der Waals surface area contributed by atoms with Gasteiger partial charge in [0.1, 0.15) is 0 Å². The predicted molar refractivity (Wildman–Crippen MR) is 116 cm³/mol. The molecule has 0 spiro atoms. The maximum atomic E-state index is 12.8. The molecule has 0 radical (unpaired) electrons. The van der Waals surface area contributed by atoms with Gasteiger partial charge < -0.3 is 14.8 Å². The third kappa shape index (κ3) is 4.76. The van der Waals surface area contributed by atoms with Crippen LogP contribution in [0.1, 0.15) is 18.4 Å². The van der Waals surface area contributed by atoms with Gasteiger partial charge in [0.2, 0.25) is 5.91 Å². The number of carbonyl (C=O) groups is 1. The molecule has 2 aromatic carbocycles. The van der Waals surface area contributed by atoms with Crippen LogP contribution in [0.25, 0.3) is 10.9 Å². The second-order valence-corrected chi connectivity index (χ2v) is 7.49. The molecule has 1 heterocycles. The van der Waals surface area contributed by atoms with Gasteiger partial charge in [-0.1, -0.05) is 15.9 Å². The highest BCUT2D eigenvalue weighted by Gasteiger charge is 2.11. The van der Waals surface area contributed by atoms with Crippen molar-refractivity contribution in [2.75, 3.05) is 19.5 Å². The molecule has 0 unspecified atom stereocenters. The predicted octanol–water partition coefficient (Wildman–Crippen LogP) is 3.90. The number of rotatable bonds is 7. The van der Waals surface area contributed by atoms with Gasteiger partial charge in [-0.25, -0.2) is 4.98 Å². The van der Waals surface area contributed by atoms with Crippen molar-refractivity contribution in [1.29, 1.82) is 0 Å². The number of nitrogens with zero attached hydrogens (tertiary/aromatic N) is 2. The van der Waals surface area contributed by atoms with Crippen molar-refractivity contribution >= 4 is 38.4 Å². The van der Waals surface area contributed by atoms with Crippen molar-refractivity contribution in [3.63, 3.8) is 0 Å². The van der Waals surface area contributed by atoms with Crippen molar-refractivity contribution in [2.45, 2.75) is 26.3 Å². The zero-order chi connectivity index (χ0) is 21.0. The van der Waals surface area contributed by atoms with E-state index in [1.54, 1.807) is 12.1 Å². The Labute approximate surface area is 176 Å². The first kappa shape index (κ1) is 20.9. The number of fused-ring (bicyclic) bond motifs is 1. The fraction of sp³-hybridized carbons (Fsp3) is 0.286. The largest absolute Gasteiger partial charge is 0.493 e. The van der Waals surface area contributed by atoms with Crippen molar-refractivity contribution in [2.24, 2.45) is 0 Å². The summed E-state index contributed by atoms with van der Waals surface area (Å²) in [4.78, 5) is 29.3. The van der Waals surface area contributed by atoms with Gasteiger partial charge in [-0.05, 0) is 43.2 Å². The molecule has 0 saturated heterocycles. The molecule has 152 valence electrons. The number of aryl methyl sites for hydroxylation is 2. The van der Waals surface area contributed by atoms with Crippen LogP contribution >= 0.6 is 15.9 Å². The molecular weight excluding hydrogens is 438 g/mol. The number of anilines is 1. The molecule has 8 heteroatoms. The number of hydrogen-bond donors (Lipinski definition) is 1. The molecule has 0 aliphatic rings. The summed E-state index contributed by atoms with van der Waals surface area (Å²) in [6.45, 7) is 2.33. The number of aromatic nitrogens is 2. The molecule has 0 aliphatic carbocycles. The minimum Gasteiger partial charge on any atom is -0.493 e. The van der Waals surface area contributed by atoms with Crippen LogP contribution in [0, 0.1) is 6.92 Å². The first-order valence-corrected chi connectivity index (χ1v) is 9.89. The molecule has 1 N–H and O–H groups in total. The van der Waals surface area contributed by atoms with Crippen molar-refractivity contribution in [3.8, 4) is 11.5 Å². The molecule has 0 saturated carbocycles. The van der Waals surface area contributed by atoms with Crippen molar-refractivity contribution < 1.29 is 14.3 Å². The Kier molecular flexibility index (Phi) is 6.53. The Morgan fingerprint density at radius 1 is 1.17 bits per heavy atom. The summed E-state index contributed by atoms with van der Waals surface area (Å²) in [7, 11) is 3.05. The summed E-state index contributed by atoms with van der Waals surface area (Å²) < 4.78 is 13.0. The van der Waals surface area contributed by atoms with Gasteiger partial charge in [0.25, 0.3) is 5.56 Å². The van der Waals surface area contributed by atoms with Crippen molar-refractivity contribution in [3.05, 3.63) is 57.0 Å². The fourth-order valence-electron chi connectivity index (χ4n) is 3.03. The minimum absolute atomic E-state index is 0.0939. The van der Waals surface area contributed by atoms with E-state index in [2.05, 4.69) is 26.2 Å². The third-order valence-electron chi connectivity index (χ3n) is 4.59. The van der Waals surface area contributed by atoms with E-state index in [-0.39, 0.29) is 11.5 Å². The Morgan fingerprint density at radius 2 is 1.90 bits per heavy atom. The molecule has 0 bridgehead atoms. The molecule has 1 aromatic heterocycles. The molecule has 29 heavy (non-hydrogen) atoms. The maximum Gasteiger partial charge on any atom is 0.261 e. The van der Waals surface area contributed by atoms with Gasteiger partial charge in [0.15, 0.2) is 11.5 Å². The SMILES string of the molecule is COc1cc2ncn(CCCC(=O)Nc3ccc(Br)cc3C)c(=O)c2cc1OC. The van der Waals surface area contributed by atoms with Crippen LogP contribution < -0.4 is 20.3 Å². The summed E-state index contributed by atoms with van der Waals surface area (Å²) in [5.74, 6) is 0.897. The highest BCUT2D eigenvalue weighted by molar-refractivity contribution is 9.10. The molecule has 7 nitrogen and oxygen atoms in total. The normalized spacial score (nSPS) is 10.8. The number of ether oxygens (including phenoxy) is 2. The van der Waals surface area contributed by atoms with E-state index in [1.807, 2.05) is 25.1 Å². The summed E-state index contributed by atoms with van der Waals surface area (Å²) in [6, 6.07) is 8.99. The third-order valence-corrected chi connectivity index (χ3v) is 5.09. The first-order valence-electron chi connectivity index (χ1n) is 9.10. The van der Waals surface area contributed by atoms with E-state index in [1.165, 1.54) is 25.1 Å². The van der Waals surface area contributed by atoms with Crippen LogP contribution in [-0.4, -0.2) is 29.7 Å². The second-order valence-electron chi connectivity index (χ2n) is 6.58. The zero-order valence-electron chi connectivity index (χ0n) is 16.5. The van der Waals surface area contributed by atoms with Gasteiger partial charge in [-0.3, -0.25) is 14.2 Å². The summed E-state index contributed by atoms with van der Waals surface area (Å²) in [5, 5.41) is 3.35. The number of halogens is 1. The van der Waals surface area contributed by atoms with Gasteiger partial charge in [0, 0.05) is 29.2 Å². The number of nitrogens with one attached hydrogen (secondary N) is 1.